The van der Waals surface area contributed by atoms with Gasteiger partial charge in [-0.3, -0.25) is 0 Å². The first kappa shape index (κ1) is 15.8. The zero-order chi connectivity index (χ0) is 14.5. The Hall–Kier alpha value is -0.580. The van der Waals surface area contributed by atoms with E-state index in [4.69, 9.17) is 4.74 Å². The summed E-state index contributed by atoms with van der Waals surface area (Å²) in [5.41, 5.74) is 0. The average molecular weight is 342 g/mol. The highest BCUT2D eigenvalue weighted by atomic mass is 79.9. The molecule has 2 N–H and O–H groups in total. The lowest BCUT2D eigenvalue weighted by molar-refractivity contribution is 0.102. The lowest BCUT2D eigenvalue weighted by Crippen LogP contribution is -2.39. The highest BCUT2D eigenvalue weighted by molar-refractivity contribution is 9.10. The Labute approximate surface area is 129 Å². The maximum atomic E-state index is 9.98. The smallest absolute Gasteiger partial charge is 0.119 e. The molecule has 1 aromatic rings. The van der Waals surface area contributed by atoms with Gasteiger partial charge in [0, 0.05) is 17.1 Å². The predicted molar refractivity (Wildman–Crippen MR) is 85.0 cm³/mol. The molecule has 1 fully saturated rings. The molecule has 1 saturated carbocycles. The molecule has 0 aromatic heterocycles. The number of rotatable bonds is 6. The van der Waals surface area contributed by atoms with Crippen molar-refractivity contribution in [2.45, 2.75) is 38.8 Å². The third kappa shape index (κ3) is 4.47. The summed E-state index contributed by atoms with van der Waals surface area (Å²) >= 11 is 3.38. The van der Waals surface area contributed by atoms with E-state index in [1.807, 2.05) is 24.3 Å². The van der Waals surface area contributed by atoms with Crippen molar-refractivity contribution in [2.75, 3.05) is 13.2 Å². The van der Waals surface area contributed by atoms with E-state index < -0.39 is 6.10 Å². The van der Waals surface area contributed by atoms with Crippen LogP contribution in [-0.2, 0) is 0 Å². The summed E-state index contributed by atoms with van der Waals surface area (Å²) in [6.07, 6.45) is 2.02. The Morgan fingerprint density at radius 2 is 2.00 bits per heavy atom. The molecule has 112 valence electrons. The number of aliphatic hydroxyl groups excluding tert-OH is 1. The van der Waals surface area contributed by atoms with E-state index in [0.29, 0.717) is 25.1 Å². The van der Waals surface area contributed by atoms with Crippen LogP contribution in [0.4, 0.5) is 0 Å². The molecule has 1 aliphatic rings. The first-order valence-electron chi connectivity index (χ1n) is 7.36. The second-order valence-electron chi connectivity index (χ2n) is 5.85. The van der Waals surface area contributed by atoms with E-state index >= 15 is 0 Å². The number of ether oxygens (including phenoxy) is 1. The number of halogens is 1. The van der Waals surface area contributed by atoms with Crippen LogP contribution in [-0.4, -0.2) is 30.4 Å². The molecule has 0 bridgehead atoms. The van der Waals surface area contributed by atoms with Crippen molar-refractivity contribution in [2.24, 2.45) is 11.8 Å². The number of aliphatic hydroxyl groups is 1. The van der Waals surface area contributed by atoms with Gasteiger partial charge in [0.05, 0.1) is 0 Å². The van der Waals surface area contributed by atoms with Crippen LogP contribution in [0.5, 0.6) is 5.75 Å². The van der Waals surface area contributed by atoms with Crippen LogP contribution in [0.1, 0.15) is 26.7 Å². The van der Waals surface area contributed by atoms with Crippen LogP contribution >= 0.6 is 15.9 Å². The maximum Gasteiger partial charge on any atom is 0.119 e. The normalized spacial score (nSPS) is 27.5. The molecule has 0 amide bonds. The topological polar surface area (TPSA) is 41.5 Å². The molecule has 2 rings (SSSR count). The molecule has 0 saturated heterocycles. The van der Waals surface area contributed by atoms with Crippen LogP contribution in [0.3, 0.4) is 0 Å². The number of hydrogen-bond acceptors (Lipinski definition) is 3. The minimum Gasteiger partial charge on any atom is -0.491 e. The maximum absolute atomic E-state index is 9.98. The Balaban J connectivity index is 1.68. The fraction of sp³-hybridized carbons (Fsp3) is 0.625. The molecule has 4 heteroatoms. The molecular formula is C16H24BrNO2. The first-order valence-corrected chi connectivity index (χ1v) is 8.15. The minimum atomic E-state index is -0.471. The largest absolute Gasteiger partial charge is 0.491 e. The lowest BCUT2D eigenvalue weighted by Gasteiger charge is -2.21. The van der Waals surface area contributed by atoms with E-state index in [1.54, 1.807) is 0 Å². The van der Waals surface area contributed by atoms with Crippen molar-refractivity contribution in [1.29, 1.82) is 0 Å². The van der Waals surface area contributed by atoms with E-state index in [9.17, 15) is 5.11 Å². The van der Waals surface area contributed by atoms with Gasteiger partial charge in [0.15, 0.2) is 0 Å². The zero-order valence-electron chi connectivity index (χ0n) is 12.2. The fourth-order valence-electron chi connectivity index (χ4n) is 2.72. The summed E-state index contributed by atoms with van der Waals surface area (Å²) in [7, 11) is 0. The average Bonchev–Trinajstić information content (AvgIpc) is 2.76. The highest BCUT2D eigenvalue weighted by Crippen LogP contribution is 2.30. The Kier molecular flexibility index (Phi) is 5.87. The third-order valence-electron chi connectivity index (χ3n) is 4.34. The SMILES string of the molecule is CC1CCC(NCC(O)COc2ccc(Br)cc2)C1C. The fourth-order valence-corrected chi connectivity index (χ4v) is 2.99. The van der Waals surface area contributed by atoms with Crippen molar-refractivity contribution < 1.29 is 9.84 Å². The second kappa shape index (κ2) is 7.43. The first-order chi connectivity index (χ1) is 9.56. The molecule has 3 nitrogen and oxygen atoms in total. The van der Waals surface area contributed by atoms with Crippen molar-refractivity contribution in [3.05, 3.63) is 28.7 Å². The summed E-state index contributed by atoms with van der Waals surface area (Å²) in [6.45, 7) is 5.52. The summed E-state index contributed by atoms with van der Waals surface area (Å²) in [5.74, 6) is 2.26. The predicted octanol–water partition coefficient (Wildman–Crippen LogP) is 3.21. The van der Waals surface area contributed by atoms with Gasteiger partial charge < -0.3 is 15.2 Å². The number of benzene rings is 1. The third-order valence-corrected chi connectivity index (χ3v) is 4.87. The van der Waals surface area contributed by atoms with Crippen LogP contribution in [0.15, 0.2) is 28.7 Å². The Morgan fingerprint density at radius 3 is 2.60 bits per heavy atom. The Morgan fingerprint density at radius 1 is 1.30 bits per heavy atom. The molecule has 20 heavy (non-hydrogen) atoms. The van der Waals surface area contributed by atoms with Gasteiger partial charge in [-0.1, -0.05) is 29.8 Å². The van der Waals surface area contributed by atoms with Gasteiger partial charge in [0.1, 0.15) is 18.5 Å². The highest BCUT2D eigenvalue weighted by Gasteiger charge is 2.29. The van der Waals surface area contributed by atoms with Crippen LogP contribution < -0.4 is 10.1 Å². The molecule has 0 radical (unpaired) electrons. The molecule has 1 aromatic carbocycles. The van der Waals surface area contributed by atoms with Crippen molar-refractivity contribution in [1.82, 2.24) is 5.32 Å². The molecule has 4 unspecified atom stereocenters. The molecule has 1 aliphatic carbocycles. The lowest BCUT2D eigenvalue weighted by atomic mass is 9.98. The standard InChI is InChI=1S/C16H24BrNO2/c1-11-3-8-16(12(11)2)18-9-14(19)10-20-15-6-4-13(17)5-7-15/h4-7,11-12,14,16,18-19H,3,8-10H2,1-2H3. The minimum absolute atomic E-state index is 0.325. The monoisotopic (exact) mass is 341 g/mol. The molecular weight excluding hydrogens is 318 g/mol. The van der Waals surface area contributed by atoms with Crippen LogP contribution in [0.2, 0.25) is 0 Å². The second-order valence-corrected chi connectivity index (χ2v) is 6.76. The van der Waals surface area contributed by atoms with Gasteiger partial charge in [-0.05, 0) is 48.9 Å². The summed E-state index contributed by atoms with van der Waals surface area (Å²) in [6, 6.07) is 8.19. The van der Waals surface area contributed by atoms with Gasteiger partial charge >= 0.3 is 0 Å². The van der Waals surface area contributed by atoms with Crippen LogP contribution in [0, 0.1) is 11.8 Å². The van der Waals surface area contributed by atoms with Gasteiger partial charge in [0.2, 0.25) is 0 Å². The van der Waals surface area contributed by atoms with Gasteiger partial charge in [0.25, 0.3) is 0 Å². The zero-order valence-corrected chi connectivity index (χ0v) is 13.8. The molecule has 0 spiro atoms. The van der Waals surface area contributed by atoms with Crippen LogP contribution in [0.25, 0.3) is 0 Å². The molecule has 4 atom stereocenters. The Bertz CT molecular complexity index is 409. The number of nitrogens with one attached hydrogen (secondary N) is 1. The molecule has 0 aliphatic heterocycles. The summed E-state index contributed by atoms with van der Waals surface area (Å²) in [5, 5.41) is 13.5. The van der Waals surface area contributed by atoms with E-state index in [0.717, 1.165) is 16.1 Å². The van der Waals surface area contributed by atoms with Gasteiger partial charge in [-0.2, -0.15) is 0 Å². The van der Waals surface area contributed by atoms with E-state index in [-0.39, 0.29) is 0 Å². The van der Waals surface area contributed by atoms with E-state index in [1.165, 1.54) is 12.8 Å². The molecule has 0 heterocycles. The van der Waals surface area contributed by atoms with Crippen molar-refractivity contribution >= 4 is 15.9 Å². The van der Waals surface area contributed by atoms with Crippen molar-refractivity contribution in [3.63, 3.8) is 0 Å². The summed E-state index contributed by atoms with van der Waals surface area (Å²) < 4.78 is 6.60. The van der Waals surface area contributed by atoms with Gasteiger partial charge in [-0.15, -0.1) is 0 Å². The number of hydrogen-bond donors (Lipinski definition) is 2. The van der Waals surface area contributed by atoms with Gasteiger partial charge in [-0.25, -0.2) is 0 Å². The van der Waals surface area contributed by atoms with Crippen molar-refractivity contribution in [3.8, 4) is 5.75 Å². The summed E-state index contributed by atoms with van der Waals surface area (Å²) in [4.78, 5) is 0. The van der Waals surface area contributed by atoms with E-state index in [2.05, 4.69) is 35.1 Å². The quantitative estimate of drug-likeness (QED) is 0.834.